The first-order valence-corrected chi connectivity index (χ1v) is 8.80. The molecule has 0 N–H and O–H groups in total. The van der Waals surface area contributed by atoms with Crippen LogP contribution in [0.3, 0.4) is 0 Å². The number of carbonyl (C=O) groups excluding carboxylic acids is 2. The summed E-state index contributed by atoms with van der Waals surface area (Å²) in [5.41, 5.74) is 1.73. The number of hydrogen-bond donors (Lipinski definition) is 0. The lowest BCUT2D eigenvalue weighted by Crippen LogP contribution is -2.49. The molecular weight excluding hydrogens is 338 g/mol. The van der Waals surface area contributed by atoms with Crippen molar-refractivity contribution in [2.45, 2.75) is 31.9 Å². The fraction of sp³-hybridized carbons (Fsp3) is 0.300. The number of fused-ring (bicyclic) bond motifs is 1. The van der Waals surface area contributed by atoms with Crippen LogP contribution in [-0.2, 0) is 19.9 Å². The zero-order valence-electron chi connectivity index (χ0n) is 14.2. The molecule has 0 saturated heterocycles. The van der Waals surface area contributed by atoms with Gasteiger partial charge >= 0.3 is 5.97 Å². The van der Waals surface area contributed by atoms with Crippen molar-refractivity contribution in [2.24, 2.45) is 0 Å². The van der Waals surface area contributed by atoms with E-state index in [9.17, 15) is 9.59 Å². The summed E-state index contributed by atoms with van der Waals surface area (Å²) in [5, 5.41) is 0. The average molecular weight is 358 g/mol. The summed E-state index contributed by atoms with van der Waals surface area (Å²) in [7, 11) is 0. The molecule has 2 aromatic carbocycles. The predicted octanol–water partition coefficient (Wildman–Crippen LogP) is 4.18. The molecule has 1 aliphatic rings. The molecule has 0 fully saturated rings. The van der Waals surface area contributed by atoms with Crippen LogP contribution in [0, 0.1) is 0 Å². The molecule has 0 radical (unpaired) electrons. The standard InChI is InChI=1S/C20H20ClNO3/c1-3-20(15-9-5-4-6-10-15)19(25-18(24)13-21)16-11-7-8-12-17(16)22(20)14(2)23/h4-12,19H,3,13H2,1-2H3/t19-,20+/m1/s1. The maximum absolute atomic E-state index is 12.6. The maximum Gasteiger partial charge on any atom is 0.321 e. The van der Waals surface area contributed by atoms with Crippen LogP contribution in [0.25, 0.3) is 0 Å². The van der Waals surface area contributed by atoms with Crippen LogP contribution in [0.1, 0.15) is 37.5 Å². The highest BCUT2D eigenvalue weighted by Crippen LogP contribution is 2.55. The minimum absolute atomic E-state index is 0.0948. The van der Waals surface area contributed by atoms with Crippen molar-refractivity contribution in [1.29, 1.82) is 0 Å². The molecule has 1 amide bonds. The number of hydrogen-bond acceptors (Lipinski definition) is 3. The van der Waals surface area contributed by atoms with Crippen LogP contribution in [-0.4, -0.2) is 17.8 Å². The molecule has 0 unspecified atom stereocenters. The van der Waals surface area contributed by atoms with Crippen LogP contribution >= 0.6 is 11.6 Å². The zero-order valence-corrected chi connectivity index (χ0v) is 15.0. The van der Waals surface area contributed by atoms with Gasteiger partial charge in [-0.1, -0.05) is 55.5 Å². The molecule has 2 aromatic rings. The Morgan fingerprint density at radius 1 is 1.12 bits per heavy atom. The highest BCUT2D eigenvalue weighted by atomic mass is 35.5. The molecule has 0 spiro atoms. The highest BCUT2D eigenvalue weighted by Gasteiger charge is 2.55. The van der Waals surface area contributed by atoms with Crippen molar-refractivity contribution in [3.63, 3.8) is 0 Å². The van der Waals surface area contributed by atoms with Gasteiger partial charge in [-0.3, -0.25) is 14.5 Å². The van der Waals surface area contributed by atoms with E-state index in [0.717, 1.165) is 16.8 Å². The first-order chi connectivity index (χ1) is 12.1. The fourth-order valence-corrected chi connectivity index (χ4v) is 3.89. The van der Waals surface area contributed by atoms with Gasteiger partial charge in [-0.15, -0.1) is 11.6 Å². The molecule has 3 rings (SSSR count). The van der Waals surface area contributed by atoms with E-state index in [4.69, 9.17) is 16.3 Å². The van der Waals surface area contributed by atoms with E-state index in [2.05, 4.69) is 0 Å². The van der Waals surface area contributed by atoms with Gasteiger partial charge in [-0.25, -0.2) is 0 Å². The third-order valence-electron chi connectivity index (χ3n) is 4.78. The molecule has 0 saturated carbocycles. The van der Waals surface area contributed by atoms with Crippen LogP contribution in [0.15, 0.2) is 54.6 Å². The lowest BCUT2D eigenvalue weighted by Gasteiger charge is -2.41. The highest BCUT2D eigenvalue weighted by molar-refractivity contribution is 6.26. The molecule has 1 heterocycles. The quantitative estimate of drug-likeness (QED) is 0.609. The number of esters is 1. The second kappa shape index (κ2) is 6.89. The van der Waals surface area contributed by atoms with Crippen molar-refractivity contribution < 1.29 is 14.3 Å². The van der Waals surface area contributed by atoms with Gasteiger partial charge in [0.05, 0.1) is 5.69 Å². The van der Waals surface area contributed by atoms with Gasteiger partial charge < -0.3 is 4.74 Å². The average Bonchev–Trinajstić information content (AvgIpc) is 2.93. The van der Waals surface area contributed by atoms with Gasteiger partial charge in [0, 0.05) is 12.5 Å². The first kappa shape index (κ1) is 17.5. The topological polar surface area (TPSA) is 46.6 Å². The minimum atomic E-state index is -0.793. The number of halogens is 1. The monoisotopic (exact) mass is 357 g/mol. The molecule has 5 heteroatoms. The van der Waals surface area contributed by atoms with E-state index in [-0.39, 0.29) is 11.8 Å². The minimum Gasteiger partial charge on any atom is -0.454 e. The van der Waals surface area contributed by atoms with Crippen molar-refractivity contribution in [1.82, 2.24) is 0 Å². The van der Waals surface area contributed by atoms with Crippen molar-refractivity contribution in [2.75, 3.05) is 10.8 Å². The summed E-state index contributed by atoms with van der Waals surface area (Å²) in [6, 6.07) is 17.3. The van der Waals surface area contributed by atoms with Crippen LogP contribution < -0.4 is 4.90 Å². The van der Waals surface area contributed by atoms with Crippen molar-refractivity contribution in [3.8, 4) is 0 Å². The molecular formula is C20H20ClNO3. The SMILES string of the molecule is CC[C@]1(c2ccccc2)[C@H](OC(=O)CCl)c2ccccc2N1C(C)=O. The molecule has 0 aromatic heterocycles. The Hall–Kier alpha value is -2.33. The lowest BCUT2D eigenvalue weighted by molar-refractivity contribution is -0.150. The number of amides is 1. The molecule has 25 heavy (non-hydrogen) atoms. The summed E-state index contributed by atoms with van der Waals surface area (Å²) in [4.78, 5) is 26.4. The van der Waals surface area contributed by atoms with Gasteiger partial charge in [-0.05, 0) is 18.1 Å². The Morgan fingerprint density at radius 3 is 2.36 bits per heavy atom. The second-order valence-corrected chi connectivity index (χ2v) is 6.33. The molecule has 0 aliphatic carbocycles. The molecule has 1 aliphatic heterocycles. The van der Waals surface area contributed by atoms with Gasteiger partial charge in [0.2, 0.25) is 5.91 Å². The van der Waals surface area contributed by atoms with Gasteiger partial charge in [-0.2, -0.15) is 0 Å². The molecule has 0 bridgehead atoms. The third kappa shape index (κ3) is 2.71. The van der Waals surface area contributed by atoms with Gasteiger partial charge in [0.15, 0.2) is 6.10 Å². The number of nitrogens with zero attached hydrogens (tertiary/aromatic N) is 1. The molecule has 4 nitrogen and oxygen atoms in total. The number of carbonyl (C=O) groups is 2. The number of ether oxygens (including phenoxy) is 1. The number of anilines is 1. The Labute approximate surface area is 152 Å². The Morgan fingerprint density at radius 2 is 1.76 bits per heavy atom. The summed E-state index contributed by atoms with van der Waals surface area (Å²) in [5.74, 6) is -0.823. The largest absolute Gasteiger partial charge is 0.454 e. The van der Waals surface area contributed by atoms with Crippen LogP contribution in [0.4, 0.5) is 5.69 Å². The number of alkyl halides is 1. The van der Waals surface area contributed by atoms with E-state index in [0.29, 0.717) is 6.42 Å². The van der Waals surface area contributed by atoms with Gasteiger partial charge in [0.1, 0.15) is 11.4 Å². The van der Waals surface area contributed by atoms with Crippen LogP contribution in [0.5, 0.6) is 0 Å². The van der Waals surface area contributed by atoms with E-state index in [1.165, 1.54) is 6.92 Å². The summed E-state index contributed by atoms with van der Waals surface area (Å²) in [6.45, 7) is 3.53. The summed E-state index contributed by atoms with van der Waals surface area (Å²) < 4.78 is 5.76. The lowest BCUT2D eigenvalue weighted by atomic mass is 9.81. The zero-order chi connectivity index (χ0) is 18.0. The van der Waals surface area contributed by atoms with E-state index in [1.54, 1.807) is 4.90 Å². The van der Waals surface area contributed by atoms with Gasteiger partial charge in [0.25, 0.3) is 0 Å². The maximum atomic E-state index is 12.6. The fourth-order valence-electron chi connectivity index (χ4n) is 3.83. The Kier molecular flexibility index (Phi) is 4.82. The number of rotatable bonds is 4. The molecule has 2 atom stereocenters. The van der Waals surface area contributed by atoms with E-state index >= 15 is 0 Å². The first-order valence-electron chi connectivity index (χ1n) is 8.27. The Bertz CT molecular complexity index is 793. The normalized spacial score (nSPS) is 21.7. The summed E-state index contributed by atoms with van der Waals surface area (Å²) in [6.07, 6.45) is -0.0165. The predicted molar refractivity (Wildman–Crippen MR) is 97.6 cm³/mol. The third-order valence-corrected chi connectivity index (χ3v) is 5.00. The second-order valence-electron chi connectivity index (χ2n) is 6.06. The Balaban J connectivity index is 2.27. The van der Waals surface area contributed by atoms with Crippen molar-refractivity contribution >= 4 is 29.2 Å². The van der Waals surface area contributed by atoms with E-state index < -0.39 is 17.6 Å². The number of benzene rings is 2. The van der Waals surface area contributed by atoms with E-state index in [1.807, 2.05) is 61.5 Å². The smallest absolute Gasteiger partial charge is 0.321 e. The number of para-hydroxylation sites is 1. The van der Waals surface area contributed by atoms with Crippen LogP contribution in [0.2, 0.25) is 0 Å². The molecule has 130 valence electrons. The summed E-state index contributed by atoms with van der Waals surface area (Å²) >= 11 is 5.68. The van der Waals surface area contributed by atoms with Crippen molar-refractivity contribution in [3.05, 3.63) is 65.7 Å².